The third-order valence-electron chi connectivity index (χ3n) is 2.41. The minimum Gasteiger partial charge on any atom is -0.387 e. The van der Waals surface area contributed by atoms with Crippen molar-refractivity contribution >= 4 is 5.91 Å². The fourth-order valence-corrected chi connectivity index (χ4v) is 1.42. The minimum atomic E-state index is -0.902. The molecule has 0 radical (unpaired) electrons. The van der Waals surface area contributed by atoms with Crippen molar-refractivity contribution in [2.45, 2.75) is 12.5 Å². The lowest BCUT2D eigenvalue weighted by molar-refractivity contribution is -0.120. The number of rotatable bonds is 6. The summed E-state index contributed by atoms with van der Waals surface area (Å²) >= 11 is 0. The topological polar surface area (TPSA) is 61.4 Å². The molecule has 94 valence electrons. The fraction of sp³-hybridized carbons (Fsp3) is 0.417. The number of carbonyl (C=O) groups excluding carboxylic acids is 1. The van der Waals surface area contributed by atoms with Crippen LogP contribution in [0.1, 0.15) is 18.1 Å². The Balaban J connectivity index is 2.33. The third kappa shape index (κ3) is 4.50. The average molecular weight is 240 g/mol. The maximum absolute atomic E-state index is 13.3. The molecule has 0 heterocycles. The summed E-state index contributed by atoms with van der Waals surface area (Å²) in [6.07, 6.45) is -0.568. The number of aliphatic hydroxyl groups excluding tert-OH is 1. The van der Waals surface area contributed by atoms with Crippen LogP contribution >= 0.6 is 0 Å². The van der Waals surface area contributed by atoms with Crippen molar-refractivity contribution in [2.75, 3.05) is 20.1 Å². The summed E-state index contributed by atoms with van der Waals surface area (Å²) in [6, 6.07) is 6.10. The molecule has 5 heteroatoms. The van der Waals surface area contributed by atoms with Crippen LogP contribution in [0.25, 0.3) is 0 Å². The van der Waals surface area contributed by atoms with Crippen LogP contribution < -0.4 is 10.6 Å². The highest BCUT2D eigenvalue weighted by molar-refractivity contribution is 5.75. The molecule has 0 fully saturated rings. The quantitative estimate of drug-likeness (QED) is 0.638. The molecular weight excluding hydrogens is 223 g/mol. The molecule has 0 spiro atoms. The van der Waals surface area contributed by atoms with E-state index in [-0.39, 0.29) is 18.0 Å². The van der Waals surface area contributed by atoms with Crippen LogP contribution in [0.4, 0.5) is 4.39 Å². The number of hydrogen-bond acceptors (Lipinski definition) is 3. The van der Waals surface area contributed by atoms with Gasteiger partial charge in [-0.2, -0.15) is 0 Å². The Labute approximate surface area is 99.8 Å². The van der Waals surface area contributed by atoms with Crippen molar-refractivity contribution in [3.8, 4) is 0 Å². The van der Waals surface area contributed by atoms with Crippen LogP contribution in [0.2, 0.25) is 0 Å². The Morgan fingerprint density at radius 1 is 1.47 bits per heavy atom. The van der Waals surface area contributed by atoms with Crippen molar-refractivity contribution in [1.29, 1.82) is 0 Å². The largest absolute Gasteiger partial charge is 0.387 e. The molecule has 0 aliphatic carbocycles. The van der Waals surface area contributed by atoms with Gasteiger partial charge in [-0.1, -0.05) is 18.2 Å². The van der Waals surface area contributed by atoms with E-state index in [2.05, 4.69) is 10.6 Å². The second-order valence-corrected chi connectivity index (χ2v) is 3.66. The molecule has 0 saturated heterocycles. The molecule has 1 aromatic carbocycles. The summed E-state index contributed by atoms with van der Waals surface area (Å²) in [5, 5.41) is 15.1. The number of hydrogen-bond donors (Lipinski definition) is 3. The third-order valence-corrected chi connectivity index (χ3v) is 2.41. The highest BCUT2D eigenvalue weighted by Gasteiger charge is 2.11. The van der Waals surface area contributed by atoms with E-state index < -0.39 is 11.9 Å². The molecule has 1 aromatic rings. The first-order valence-corrected chi connectivity index (χ1v) is 5.49. The van der Waals surface area contributed by atoms with E-state index in [4.69, 9.17) is 0 Å². The molecule has 4 nitrogen and oxygen atoms in total. The highest BCUT2D eigenvalue weighted by atomic mass is 19.1. The maximum atomic E-state index is 13.3. The lowest BCUT2D eigenvalue weighted by Crippen LogP contribution is -2.27. The van der Waals surface area contributed by atoms with Gasteiger partial charge in [0.15, 0.2) is 0 Å². The Morgan fingerprint density at radius 3 is 2.82 bits per heavy atom. The molecule has 1 amide bonds. The number of aliphatic hydroxyl groups is 1. The summed E-state index contributed by atoms with van der Waals surface area (Å²) in [6.45, 7) is 0.670. The van der Waals surface area contributed by atoms with E-state index in [9.17, 15) is 14.3 Å². The predicted octanol–water partition coefficient (Wildman–Crippen LogP) is 0.585. The Morgan fingerprint density at radius 2 is 2.18 bits per heavy atom. The van der Waals surface area contributed by atoms with Gasteiger partial charge in [-0.05, 0) is 6.07 Å². The van der Waals surface area contributed by atoms with Crippen molar-refractivity contribution in [1.82, 2.24) is 10.6 Å². The number of amides is 1. The molecule has 1 unspecified atom stereocenters. The molecule has 1 rings (SSSR count). The van der Waals surface area contributed by atoms with E-state index in [1.54, 1.807) is 25.2 Å². The second kappa shape index (κ2) is 6.98. The van der Waals surface area contributed by atoms with Crippen molar-refractivity contribution < 1.29 is 14.3 Å². The molecule has 0 aliphatic heterocycles. The molecule has 1 atom stereocenters. The number of halogens is 1. The first kappa shape index (κ1) is 13.6. The zero-order valence-corrected chi connectivity index (χ0v) is 9.74. The number of carbonyl (C=O) groups is 1. The van der Waals surface area contributed by atoms with Crippen LogP contribution in [0, 0.1) is 5.82 Å². The van der Waals surface area contributed by atoms with E-state index >= 15 is 0 Å². The molecule has 17 heavy (non-hydrogen) atoms. The van der Waals surface area contributed by atoms with Crippen molar-refractivity contribution in [3.63, 3.8) is 0 Å². The summed E-state index contributed by atoms with van der Waals surface area (Å²) in [5.41, 5.74) is 0.264. The Hall–Kier alpha value is -1.46. The monoisotopic (exact) mass is 240 g/mol. The number of nitrogens with one attached hydrogen (secondary N) is 2. The van der Waals surface area contributed by atoms with Gasteiger partial charge in [-0.3, -0.25) is 4.79 Å². The van der Waals surface area contributed by atoms with Gasteiger partial charge in [0.1, 0.15) is 5.82 Å². The lowest BCUT2D eigenvalue weighted by atomic mass is 10.1. The summed E-state index contributed by atoms with van der Waals surface area (Å²) in [4.78, 5) is 10.9. The maximum Gasteiger partial charge on any atom is 0.221 e. The first-order chi connectivity index (χ1) is 8.15. The Kier molecular flexibility index (Phi) is 5.59. The lowest BCUT2D eigenvalue weighted by Gasteiger charge is -2.12. The summed E-state index contributed by atoms with van der Waals surface area (Å²) in [7, 11) is 1.57. The normalized spacial score (nSPS) is 12.2. The van der Waals surface area contributed by atoms with Crippen LogP contribution in [0.5, 0.6) is 0 Å². The van der Waals surface area contributed by atoms with Crippen LogP contribution in [0.15, 0.2) is 24.3 Å². The van der Waals surface area contributed by atoms with Crippen LogP contribution in [0.3, 0.4) is 0 Å². The molecule has 0 saturated carbocycles. The van der Waals surface area contributed by atoms with Gasteiger partial charge in [0.25, 0.3) is 0 Å². The van der Waals surface area contributed by atoms with Gasteiger partial charge in [0, 0.05) is 32.1 Å². The Bertz CT molecular complexity index is 371. The number of benzene rings is 1. The van der Waals surface area contributed by atoms with Gasteiger partial charge in [-0.15, -0.1) is 0 Å². The van der Waals surface area contributed by atoms with Gasteiger partial charge in [-0.25, -0.2) is 4.39 Å². The average Bonchev–Trinajstić information content (AvgIpc) is 2.34. The summed E-state index contributed by atoms with van der Waals surface area (Å²) < 4.78 is 13.3. The van der Waals surface area contributed by atoms with Crippen LogP contribution in [-0.2, 0) is 4.79 Å². The SMILES string of the molecule is CNC(=O)CCNCC(O)c1ccccc1F. The van der Waals surface area contributed by atoms with E-state index in [1.807, 2.05) is 0 Å². The first-order valence-electron chi connectivity index (χ1n) is 5.49. The molecule has 0 aromatic heterocycles. The molecule has 0 aliphatic rings. The van der Waals surface area contributed by atoms with E-state index in [0.717, 1.165) is 0 Å². The molecule has 3 N–H and O–H groups in total. The molecular formula is C12H17FN2O2. The second-order valence-electron chi connectivity index (χ2n) is 3.66. The van der Waals surface area contributed by atoms with Gasteiger partial charge in [0.05, 0.1) is 6.10 Å². The highest BCUT2D eigenvalue weighted by Crippen LogP contribution is 2.15. The smallest absolute Gasteiger partial charge is 0.221 e. The van der Waals surface area contributed by atoms with E-state index in [0.29, 0.717) is 13.0 Å². The van der Waals surface area contributed by atoms with Crippen LogP contribution in [-0.4, -0.2) is 31.2 Å². The van der Waals surface area contributed by atoms with Gasteiger partial charge >= 0.3 is 0 Å². The zero-order chi connectivity index (χ0) is 12.7. The minimum absolute atomic E-state index is 0.0714. The predicted molar refractivity (Wildman–Crippen MR) is 62.9 cm³/mol. The van der Waals surface area contributed by atoms with Crippen molar-refractivity contribution in [2.24, 2.45) is 0 Å². The zero-order valence-electron chi connectivity index (χ0n) is 9.74. The van der Waals surface area contributed by atoms with E-state index in [1.165, 1.54) is 6.07 Å². The van der Waals surface area contributed by atoms with Gasteiger partial charge < -0.3 is 15.7 Å². The summed E-state index contributed by atoms with van der Waals surface area (Å²) in [5.74, 6) is -0.494. The molecule has 0 bridgehead atoms. The van der Waals surface area contributed by atoms with Gasteiger partial charge in [0.2, 0.25) is 5.91 Å². The standard InChI is InChI=1S/C12H17FN2O2/c1-14-12(17)6-7-15-8-11(16)9-4-2-3-5-10(9)13/h2-5,11,15-16H,6-8H2,1H3,(H,14,17). The fourth-order valence-electron chi connectivity index (χ4n) is 1.42. The van der Waals surface area contributed by atoms with Crippen molar-refractivity contribution in [3.05, 3.63) is 35.6 Å².